The van der Waals surface area contributed by atoms with Crippen LogP contribution in [0.15, 0.2) is 24.3 Å². The second kappa shape index (κ2) is 12.0. The normalized spacial score (nSPS) is 12.6. The highest BCUT2D eigenvalue weighted by molar-refractivity contribution is 6.06. The van der Waals surface area contributed by atoms with E-state index in [0.29, 0.717) is 43.3 Å². The molecule has 198 valence electrons. The van der Waals surface area contributed by atoms with E-state index in [1.165, 1.54) is 11.0 Å². The number of anilines is 1. The van der Waals surface area contributed by atoms with Gasteiger partial charge >= 0.3 is 5.91 Å². The van der Waals surface area contributed by atoms with E-state index in [0.717, 1.165) is 23.2 Å². The summed E-state index contributed by atoms with van der Waals surface area (Å²) >= 11 is 0. The van der Waals surface area contributed by atoms with Crippen LogP contribution in [0.2, 0.25) is 0 Å². The number of fused-ring (bicyclic) bond motifs is 1. The van der Waals surface area contributed by atoms with Crippen molar-refractivity contribution in [2.24, 2.45) is 0 Å². The van der Waals surface area contributed by atoms with Crippen LogP contribution in [0.3, 0.4) is 0 Å². The second-order valence-electron chi connectivity index (χ2n) is 9.72. The average Bonchev–Trinajstić information content (AvgIpc) is 2.86. The van der Waals surface area contributed by atoms with Crippen LogP contribution in [0.5, 0.6) is 17.2 Å². The summed E-state index contributed by atoms with van der Waals surface area (Å²) in [5.41, 5.74) is 3.71. The van der Waals surface area contributed by atoms with Gasteiger partial charge in [-0.2, -0.15) is 0 Å². The molecule has 1 heterocycles. The molecule has 1 N–H and O–H groups in total. The molecule has 37 heavy (non-hydrogen) atoms. The number of aromatic hydroxyl groups is 1. The number of likely N-dealkylation sites (N-methyl/N-ethyl adjacent to an activating group) is 1. The lowest BCUT2D eigenvalue weighted by Gasteiger charge is -2.31. The van der Waals surface area contributed by atoms with Crippen molar-refractivity contribution in [3.8, 4) is 29.1 Å². The average molecular weight is 508 g/mol. The van der Waals surface area contributed by atoms with Crippen molar-refractivity contribution in [1.82, 2.24) is 9.80 Å². The Balaban J connectivity index is 1.94. The molecule has 2 amide bonds. The van der Waals surface area contributed by atoms with Gasteiger partial charge in [-0.05, 0) is 74.2 Å². The number of amides is 2. The van der Waals surface area contributed by atoms with Crippen molar-refractivity contribution >= 4 is 17.5 Å². The number of benzene rings is 2. The van der Waals surface area contributed by atoms with Crippen molar-refractivity contribution in [2.45, 2.75) is 39.7 Å². The van der Waals surface area contributed by atoms with Gasteiger partial charge in [0.05, 0.1) is 18.4 Å². The Hall–Kier alpha value is -3.70. The first-order valence-corrected chi connectivity index (χ1v) is 12.4. The van der Waals surface area contributed by atoms with E-state index in [9.17, 15) is 14.7 Å². The first-order valence-electron chi connectivity index (χ1n) is 12.4. The summed E-state index contributed by atoms with van der Waals surface area (Å²) in [6.07, 6.45) is 0.631. The molecule has 2 aromatic rings. The third kappa shape index (κ3) is 6.36. The molecule has 1 aliphatic heterocycles. The lowest BCUT2D eigenvalue weighted by molar-refractivity contribution is -0.113. The van der Waals surface area contributed by atoms with Gasteiger partial charge in [-0.25, -0.2) is 0 Å². The Labute approximate surface area is 219 Å². The highest BCUT2D eigenvalue weighted by Gasteiger charge is 2.27. The maximum Gasteiger partial charge on any atom is 0.302 e. The standard InChI is InChI=1S/C29H37N3O5/c1-8-9-28(34)31(6)24-14-21-18-32(11-10-20(21)15-27(24)37-13-12-30(4)5)29(35)23-16-22(19(2)3)26(36-7)17-25(23)33/h14-17,19,33H,10-13,18H2,1-7H3. The summed E-state index contributed by atoms with van der Waals surface area (Å²) in [6, 6.07) is 7.10. The molecule has 0 saturated carbocycles. The van der Waals surface area contributed by atoms with Crippen molar-refractivity contribution in [2.75, 3.05) is 52.8 Å². The molecule has 1 aliphatic rings. The van der Waals surface area contributed by atoms with Crippen LogP contribution >= 0.6 is 0 Å². The number of rotatable bonds is 8. The fourth-order valence-corrected chi connectivity index (χ4v) is 4.32. The van der Waals surface area contributed by atoms with E-state index in [1.54, 1.807) is 32.0 Å². The molecule has 0 aromatic heterocycles. The van der Waals surface area contributed by atoms with Gasteiger partial charge in [-0.1, -0.05) is 19.8 Å². The van der Waals surface area contributed by atoms with Crippen molar-refractivity contribution in [3.05, 3.63) is 46.5 Å². The fourth-order valence-electron chi connectivity index (χ4n) is 4.32. The number of phenols is 1. The third-order valence-electron chi connectivity index (χ3n) is 6.48. The van der Waals surface area contributed by atoms with Crippen LogP contribution in [0, 0.1) is 11.8 Å². The molecule has 8 nitrogen and oxygen atoms in total. The predicted molar refractivity (Wildman–Crippen MR) is 145 cm³/mol. The van der Waals surface area contributed by atoms with Gasteiger partial charge in [0.15, 0.2) is 0 Å². The molecule has 0 spiro atoms. The summed E-state index contributed by atoms with van der Waals surface area (Å²) in [7, 11) is 7.16. The minimum absolute atomic E-state index is 0.106. The number of hydrogen-bond acceptors (Lipinski definition) is 6. The largest absolute Gasteiger partial charge is 0.507 e. The maximum absolute atomic E-state index is 13.5. The molecular formula is C29H37N3O5. The molecule has 2 aromatic carbocycles. The number of phenolic OH excluding ortho intramolecular Hbond substituents is 1. The molecule has 0 aliphatic carbocycles. The summed E-state index contributed by atoms with van der Waals surface area (Å²) < 4.78 is 11.5. The van der Waals surface area contributed by atoms with E-state index in [-0.39, 0.29) is 29.0 Å². The van der Waals surface area contributed by atoms with Gasteiger partial charge in [0.1, 0.15) is 23.9 Å². The Morgan fingerprint density at radius 1 is 1.11 bits per heavy atom. The molecule has 0 saturated heterocycles. The molecule has 0 bridgehead atoms. The Bertz CT molecular complexity index is 1230. The predicted octanol–water partition coefficient (Wildman–Crippen LogP) is 3.65. The van der Waals surface area contributed by atoms with Crippen LogP contribution in [0.1, 0.15) is 53.7 Å². The molecule has 0 unspecified atom stereocenters. The second-order valence-corrected chi connectivity index (χ2v) is 9.72. The molecule has 0 radical (unpaired) electrons. The summed E-state index contributed by atoms with van der Waals surface area (Å²) in [6.45, 7) is 7.70. The van der Waals surface area contributed by atoms with E-state index in [2.05, 4.69) is 11.8 Å². The monoisotopic (exact) mass is 507 g/mol. The highest BCUT2D eigenvalue weighted by Crippen LogP contribution is 2.37. The first-order chi connectivity index (χ1) is 17.6. The molecule has 0 atom stereocenters. The summed E-state index contributed by atoms with van der Waals surface area (Å²) in [5.74, 6) is 5.82. The van der Waals surface area contributed by atoms with Gasteiger partial charge in [0, 0.05) is 32.7 Å². The van der Waals surface area contributed by atoms with Gasteiger partial charge in [0.2, 0.25) is 0 Å². The minimum atomic E-state index is -0.340. The van der Waals surface area contributed by atoms with Crippen LogP contribution in [-0.2, 0) is 17.8 Å². The number of carbonyl (C=O) groups excluding carboxylic acids is 2. The van der Waals surface area contributed by atoms with Gasteiger partial charge in [0.25, 0.3) is 5.91 Å². The van der Waals surface area contributed by atoms with Gasteiger partial charge < -0.3 is 29.3 Å². The zero-order valence-electron chi connectivity index (χ0n) is 22.8. The zero-order chi connectivity index (χ0) is 27.3. The van der Waals surface area contributed by atoms with Crippen LogP contribution < -0.4 is 14.4 Å². The number of methoxy groups -OCH3 is 1. The third-order valence-corrected chi connectivity index (χ3v) is 6.48. The Morgan fingerprint density at radius 3 is 2.46 bits per heavy atom. The van der Waals surface area contributed by atoms with Gasteiger partial charge in [-0.15, -0.1) is 0 Å². The van der Waals surface area contributed by atoms with Crippen LogP contribution in [0.25, 0.3) is 0 Å². The highest BCUT2D eigenvalue weighted by atomic mass is 16.5. The van der Waals surface area contributed by atoms with Crippen molar-refractivity contribution in [3.63, 3.8) is 0 Å². The molecule has 3 rings (SSSR count). The van der Waals surface area contributed by atoms with Crippen LogP contribution in [0.4, 0.5) is 5.69 Å². The summed E-state index contributed by atoms with van der Waals surface area (Å²) in [4.78, 5) is 31.3. The molecular weight excluding hydrogens is 470 g/mol. The number of hydrogen-bond donors (Lipinski definition) is 1. The topological polar surface area (TPSA) is 82.6 Å². The van der Waals surface area contributed by atoms with E-state index in [1.807, 2.05) is 45.0 Å². The van der Waals surface area contributed by atoms with Gasteiger partial charge in [-0.3, -0.25) is 9.59 Å². The maximum atomic E-state index is 13.5. The SMILES string of the molecule is CC#CC(=O)N(C)c1cc2c(cc1OCCN(C)C)CCN(C(=O)c1cc(C(C)C)c(OC)cc1O)C2. The van der Waals surface area contributed by atoms with E-state index >= 15 is 0 Å². The zero-order valence-corrected chi connectivity index (χ0v) is 22.8. The lowest BCUT2D eigenvalue weighted by atomic mass is 9.95. The summed E-state index contributed by atoms with van der Waals surface area (Å²) in [5, 5.41) is 10.6. The minimum Gasteiger partial charge on any atom is -0.507 e. The van der Waals surface area contributed by atoms with Crippen molar-refractivity contribution < 1.29 is 24.2 Å². The number of ether oxygens (including phenoxy) is 2. The number of nitrogens with zero attached hydrogens (tertiary/aromatic N) is 3. The fraction of sp³-hybridized carbons (Fsp3) is 0.448. The van der Waals surface area contributed by atoms with Crippen LogP contribution in [-0.4, -0.2) is 74.7 Å². The lowest BCUT2D eigenvalue weighted by Crippen LogP contribution is -2.36. The quantitative estimate of drug-likeness (QED) is 0.550. The van der Waals surface area contributed by atoms with E-state index < -0.39 is 0 Å². The van der Waals surface area contributed by atoms with E-state index in [4.69, 9.17) is 9.47 Å². The smallest absolute Gasteiger partial charge is 0.302 e. The molecule has 8 heteroatoms. The first kappa shape index (κ1) is 27.9. The number of carbonyl (C=O) groups is 2. The molecule has 0 fully saturated rings. The Morgan fingerprint density at radius 2 is 1.84 bits per heavy atom. The van der Waals surface area contributed by atoms with Crippen molar-refractivity contribution in [1.29, 1.82) is 0 Å². The Kier molecular flexibility index (Phi) is 9.06.